The number of anilines is 1. The van der Waals surface area contributed by atoms with Crippen molar-refractivity contribution < 1.29 is 19.4 Å². The normalized spacial score (nSPS) is 14.1. The first-order chi connectivity index (χ1) is 10.1. The summed E-state index contributed by atoms with van der Waals surface area (Å²) in [5, 5.41) is 13.9. The summed E-state index contributed by atoms with van der Waals surface area (Å²) in [6.45, 7) is 2.67. The minimum atomic E-state index is -0.793. The molecule has 0 radical (unpaired) electrons. The van der Waals surface area contributed by atoms with Gasteiger partial charge in [0.2, 0.25) is 6.79 Å². The fraction of sp³-hybridized carbons (Fsp3) is 0.333. The predicted molar refractivity (Wildman–Crippen MR) is 77.8 cm³/mol. The van der Waals surface area contributed by atoms with E-state index in [2.05, 4.69) is 10.3 Å². The quantitative estimate of drug-likeness (QED) is 0.879. The van der Waals surface area contributed by atoms with Gasteiger partial charge in [-0.2, -0.15) is 0 Å². The number of aliphatic carboxylic acids is 1. The largest absolute Gasteiger partial charge is 0.481 e. The van der Waals surface area contributed by atoms with Gasteiger partial charge in [-0.1, -0.05) is 6.92 Å². The monoisotopic (exact) mass is 288 g/mol. The first-order valence-electron chi connectivity index (χ1n) is 6.77. The maximum absolute atomic E-state index is 10.7. The van der Waals surface area contributed by atoms with Gasteiger partial charge in [0.05, 0.1) is 0 Å². The minimum absolute atomic E-state index is 0.0218. The van der Waals surface area contributed by atoms with Crippen LogP contribution in [0.5, 0.6) is 11.5 Å². The van der Waals surface area contributed by atoms with Crippen LogP contribution in [0.25, 0.3) is 10.8 Å². The molecule has 1 atom stereocenters. The summed E-state index contributed by atoms with van der Waals surface area (Å²) in [7, 11) is 0. The van der Waals surface area contributed by atoms with Crippen LogP contribution >= 0.6 is 0 Å². The SMILES string of the molecule is CC(CNc1nccc2cc3c(cc12)OCO3)CC(=O)O. The average molecular weight is 288 g/mol. The first kappa shape index (κ1) is 13.5. The number of benzene rings is 1. The summed E-state index contributed by atoms with van der Waals surface area (Å²) in [6.07, 6.45) is 1.85. The fourth-order valence-electron chi connectivity index (χ4n) is 2.34. The molecule has 0 spiro atoms. The van der Waals surface area contributed by atoms with E-state index in [0.717, 1.165) is 22.3 Å². The van der Waals surface area contributed by atoms with Crippen molar-refractivity contribution in [1.82, 2.24) is 4.98 Å². The lowest BCUT2D eigenvalue weighted by molar-refractivity contribution is -0.137. The van der Waals surface area contributed by atoms with Crippen molar-refractivity contribution in [1.29, 1.82) is 0 Å². The average Bonchev–Trinajstić information content (AvgIpc) is 2.89. The van der Waals surface area contributed by atoms with Crippen LogP contribution in [0.3, 0.4) is 0 Å². The van der Waals surface area contributed by atoms with Gasteiger partial charge in [-0.3, -0.25) is 4.79 Å². The van der Waals surface area contributed by atoms with Gasteiger partial charge in [0.1, 0.15) is 5.82 Å². The Bertz CT molecular complexity index is 687. The van der Waals surface area contributed by atoms with Gasteiger partial charge in [0.25, 0.3) is 0 Å². The third-order valence-corrected chi connectivity index (χ3v) is 3.40. The molecular weight excluding hydrogens is 272 g/mol. The molecule has 1 aliphatic rings. The molecule has 0 amide bonds. The maximum atomic E-state index is 10.7. The molecule has 1 unspecified atom stereocenters. The number of hydrogen-bond donors (Lipinski definition) is 2. The van der Waals surface area contributed by atoms with Crippen LogP contribution in [0, 0.1) is 5.92 Å². The highest BCUT2D eigenvalue weighted by atomic mass is 16.7. The third kappa shape index (κ3) is 2.84. The Morgan fingerprint density at radius 2 is 2.19 bits per heavy atom. The molecular formula is C15H16N2O4. The van der Waals surface area contributed by atoms with Crippen molar-refractivity contribution >= 4 is 22.6 Å². The van der Waals surface area contributed by atoms with Crippen molar-refractivity contribution in [3.8, 4) is 11.5 Å². The Morgan fingerprint density at radius 3 is 2.95 bits per heavy atom. The number of carboxylic acids is 1. The van der Waals surface area contributed by atoms with Crippen molar-refractivity contribution in [2.24, 2.45) is 5.92 Å². The van der Waals surface area contributed by atoms with Crippen molar-refractivity contribution in [2.45, 2.75) is 13.3 Å². The molecule has 21 heavy (non-hydrogen) atoms. The highest BCUT2D eigenvalue weighted by Gasteiger charge is 2.16. The van der Waals surface area contributed by atoms with E-state index in [1.54, 1.807) is 6.20 Å². The van der Waals surface area contributed by atoms with Crippen LogP contribution < -0.4 is 14.8 Å². The lowest BCUT2D eigenvalue weighted by Crippen LogP contribution is -2.15. The summed E-state index contributed by atoms with van der Waals surface area (Å²) < 4.78 is 10.7. The zero-order chi connectivity index (χ0) is 14.8. The molecule has 6 nitrogen and oxygen atoms in total. The Labute approximate surface area is 121 Å². The number of ether oxygens (including phenoxy) is 2. The zero-order valence-corrected chi connectivity index (χ0v) is 11.6. The molecule has 0 saturated carbocycles. The number of nitrogens with one attached hydrogen (secondary N) is 1. The molecule has 0 fully saturated rings. The molecule has 110 valence electrons. The number of pyridine rings is 1. The van der Waals surface area contributed by atoms with E-state index in [9.17, 15) is 4.79 Å². The van der Waals surface area contributed by atoms with Crippen molar-refractivity contribution in [2.75, 3.05) is 18.7 Å². The summed E-state index contributed by atoms with van der Waals surface area (Å²) >= 11 is 0. The number of nitrogens with zero attached hydrogens (tertiary/aromatic N) is 1. The highest BCUT2D eigenvalue weighted by Crippen LogP contribution is 2.37. The highest BCUT2D eigenvalue weighted by molar-refractivity contribution is 5.94. The van der Waals surface area contributed by atoms with E-state index >= 15 is 0 Å². The number of carbonyl (C=O) groups is 1. The summed E-state index contributed by atoms with van der Waals surface area (Å²) in [6, 6.07) is 5.73. The van der Waals surface area contributed by atoms with Gasteiger partial charge in [-0.25, -0.2) is 4.98 Å². The second-order valence-electron chi connectivity index (χ2n) is 5.17. The second kappa shape index (κ2) is 5.47. The first-order valence-corrected chi connectivity index (χ1v) is 6.77. The van der Waals surface area contributed by atoms with Crippen molar-refractivity contribution in [3.63, 3.8) is 0 Å². The van der Waals surface area contributed by atoms with Crippen LogP contribution in [-0.2, 0) is 4.79 Å². The van der Waals surface area contributed by atoms with Gasteiger partial charge >= 0.3 is 5.97 Å². The molecule has 1 aliphatic heterocycles. The molecule has 0 saturated heterocycles. The molecule has 3 rings (SSSR count). The van der Waals surface area contributed by atoms with Crippen LogP contribution in [0.1, 0.15) is 13.3 Å². The van der Waals surface area contributed by atoms with E-state index in [-0.39, 0.29) is 19.1 Å². The fourth-order valence-corrected chi connectivity index (χ4v) is 2.34. The smallest absolute Gasteiger partial charge is 0.303 e. The van der Waals surface area contributed by atoms with Crippen LogP contribution in [-0.4, -0.2) is 29.4 Å². The Morgan fingerprint density at radius 1 is 1.43 bits per heavy atom. The maximum Gasteiger partial charge on any atom is 0.303 e. The topological polar surface area (TPSA) is 80.7 Å². The number of fused-ring (bicyclic) bond motifs is 2. The lowest BCUT2D eigenvalue weighted by atomic mass is 10.1. The van der Waals surface area contributed by atoms with Crippen LogP contribution in [0.4, 0.5) is 5.82 Å². The summed E-state index contributed by atoms with van der Waals surface area (Å²) in [4.78, 5) is 15.0. The standard InChI is InChI=1S/C15H16N2O4/c1-9(4-14(18)19)7-17-15-11-6-13-12(20-8-21-13)5-10(11)2-3-16-15/h2-3,5-6,9H,4,7-8H2,1H3,(H,16,17)(H,18,19). The second-order valence-corrected chi connectivity index (χ2v) is 5.17. The van der Waals surface area contributed by atoms with E-state index < -0.39 is 5.97 Å². The Kier molecular flexibility index (Phi) is 3.51. The Hall–Kier alpha value is -2.50. The molecule has 2 aromatic rings. The van der Waals surface area contributed by atoms with E-state index in [1.807, 2.05) is 25.1 Å². The third-order valence-electron chi connectivity index (χ3n) is 3.40. The number of aromatic nitrogens is 1. The number of rotatable bonds is 5. The lowest BCUT2D eigenvalue weighted by Gasteiger charge is -2.13. The van der Waals surface area contributed by atoms with Gasteiger partial charge in [-0.15, -0.1) is 0 Å². The zero-order valence-electron chi connectivity index (χ0n) is 11.6. The van der Waals surface area contributed by atoms with Gasteiger partial charge in [0.15, 0.2) is 11.5 Å². The van der Waals surface area contributed by atoms with Crippen molar-refractivity contribution in [3.05, 3.63) is 24.4 Å². The van der Waals surface area contributed by atoms with E-state index in [0.29, 0.717) is 12.3 Å². The van der Waals surface area contributed by atoms with Gasteiger partial charge < -0.3 is 19.9 Å². The van der Waals surface area contributed by atoms with E-state index in [1.165, 1.54) is 0 Å². The molecule has 2 heterocycles. The summed E-state index contributed by atoms with van der Waals surface area (Å²) in [5.74, 6) is 1.39. The van der Waals surface area contributed by atoms with Gasteiger partial charge in [-0.05, 0) is 29.5 Å². The number of hydrogen-bond acceptors (Lipinski definition) is 5. The minimum Gasteiger partial charge on any atom is -0.481 e. The Balaban J connectivity index is 1.83. The van der Waals surface area contributed by atoms with Crippen LogP contribution in [0.2, 0.25) is 0 Å². The van der Waals surface area contributed by atoms with E-state index in [4.69, 9.17) is 14.6 Å². The molecule has 0 aliphatic carbocycles. The molecule has 6 heteroatoms. The summed E-state index contributed by atoms with van der Waals surface area (Å²) in [5.41, 5.74) is 0. The molecule has 0 bridgehead atoms. The molecule has 1 aromatic heterocycles. The predicted octanol–water partition coefficient (Wildman–Crippen LogP) is 2.49. The molecule has 1 aromatic carbocycles. The number of carboxylic acid groups (broad SMARTS) is 1. The van der Waals surface area contributed by atoms with Gasteiger partial charge in [0, 0.05) is 24.5 Å². The molecule has 2 N–H and O–H groups in total. The van der Waals surface area contributed by atoms with Crippen LogP contribution in [0.15, 0.2) is 24.4 Å².